The lowest BCUT2D eigenvalue weighted by molar-refractivity contribution is -0.189. The van der Waals surface area contributed by atoms with Gasteiger partial charge in [0.1, 0.15) is 0 Å². The molecule has 29 heavy (non-hydrogen) atoms. The molecule has 0 aliphatic heterocycles. The molecule has 7 atom stereocenters. The van der Waals surface area contributed by atoms with Gasteiger partial charge in [-0.3, -0.25) is 0 Å². The average Bonchev–Trinajstić information content (AvgIpc) is 2.97. The summed E-state index contributed by atoms with van der Waals surface area (Å²) in [7, 11) is 0. The van der Waals surface area contributed by atoms with E-state index in [0.29, 0.717) is 48.3 Å². The van der Waals surface area contributed by atoms with Crippen molar-refractivity contribution in [2.75, 3.05) is 0 Å². The van der Waals surface area contributed by atoms with Crippen LogP contribution in [0.5, 0.6) is 0 Å². The Hall–Kier alpha value is -0.420. The van der Waals surface area contributed by atoms with Crippen molar-refractivity contribution in [3.8, 4) is 0 Å². The lowest BCUT2D eigenvalue weighted by Crippen LogP contribution is -2.52. The largest absolute Gasteiger partial charge is 0.366 e. The third-order valence-corrected chi connectivity index (χ3v) is 9.98. The molecule has 4 aliphatic carbocycles. The molecule has 3 saturated carbocycles. The summed E-state index contributed by atoms with van der Waals surface area (Å²) in [4.78, 5) is 0. The summed E-state index contributed by atoms with van der Waals surface area (Å²) in [6.45, 7) is 8.73. The van der Waals surface area contributed by atoms with E-state index >= 15 is 0 Å². The molecule has 4 rings (SSSR count). The molecule has 166 valence electrons. The fourth-order valence-electron chi connectivity index (χ4n) is 8.31. The smallest absolute Gasteiger partial charge is 0.166 e. The molecule has 4 N–H and O–H groups in total. The summed E-state index contributed by atoms with van der Waals surface area (Å²) in [5.41, 5.74) is 1.79. The van der Waals surface area contributed by atoms with E-state index in [2.05, 4.69) is 26.8 Å². The van der Waals surface area contributed by atoms with E-state index in [9.17, 15) is 20.4 Å². The van der Waals surface area contributed by atoms with Crippen molar-refractivity contribution < 1.29 is 20.4 Å². The molecular weight excluding hydrogens is 364 g/mol. The first kappa shape index (κ1) is 21.8. The highest BCUT2D eigenvalue weighted by molar-refractivity contribution is 5.26. The van der Waals surface area contributed by atoms with Gasteiger partial charge < -0.3 is 20.4 Å². The normalized spacial score (nSPS) is 45.0. The van der Waals surface area contributed by atoms with E-state index < -0.39 is 11.6 Å². The van der Waals surface area contributed by atoms with E-state index in [4.69, 9.17) is 0 Å². The van der Waals surface area contributed by atoms with Gasteiger partial charge >= 0.3 is 0 Å². The van der Waals surface area contributed by atoms with E-state index in [1.807, 2.05) is 0 Å². The first-order valence-corrected chi connectivity index (χ1v) is 11.9. The van der Waals surface area contributed by atoms with Gasteiger partial charge in [0.2, 0.25) is 0 Å². The van der Waals surface area contributed by atoms with Crippen LogP contribution in [0.15, 0.2) is 11.6 Å². The number of hydrogen-bond donors (Lipinski definition) is 4. The maximum absolute atomic E-state index is 10.2. The minimum atomic E-state index is -1.56. The maximum Gasteiger partial charge on any atom is 0.166 e. The Balaban J connectivity index is 1.53. The SMILES string of the molecule is C[C@H](CCC(C)(O)O)[C@H]1CC[C@H]2[C@@H]3CC=C4CC(O)(O)CC[C@]4(C)[C@H]3CC[C@]12C. The molecule has 0 amide bonds. The number of rotatable bonds is 4. The van der Waals surface area contributed by atoms with E-state index in [1.165, 1.54) is 38.2 Å². The summed E-state index contributed by atoms with van der Waals surface area (Å²) in [6.07, 6.45) is 11.7. The van der Waals surface area contributed by atoms with Crippen molar-refractivity contribution in [1.82, 2.24) is 0 Å². The lowest BCUT2D eigenvalue weighted by atomic mass is 9.46. The summed E-state index contributed by atoms with van der Waals surface area (Å²) >= 11 is 0. The van der Waals surface area contributed by atoms with Crippen LogP contribution in [-0.2, 0) is 0 Å². The molecule has 4 heteroatoms. The topological polar surface area (TPSA) is 80.9 Å². The predicted octanol–water partition coefficient (Wildman–Crippen LogP) is 4.36. The second-order valence-electron chi connectivity index (χ2n) is 11.9. The molecule has 0 saturated heterocycles. The zero-order chi connectivity index (χ0) is 21.2. The van der Waals surface area contributed by atoms with Gasteiger partial charge in [-0.05, 0) is 92.3 Å². The Morgan fingerprint density at radius 2 is 1.79 bits per heavy atom. The predicted molar refractivity (Wildman–Crippen MR) is 114 cm³/mol. The average molecular weight is 407 g/mol. The molecule has 0 aromatic rings. The second kappa shape index (κ2) is 7.05. The van der Waals surface area contributed by atoms with Gasteiger partial charge in [0.15, 0.2) is 11.6 Å². The Bertz CT molecular complexity index is 662. The zero-order valence-corrected chi connectivity index (χ0v) is 18.8. The van der Waals surface area contributed by atoms with Gasteiger partial charge in [-0.15, -0.1) is 0 Å². The van der Waals surface area contributed by atoms with Crippen LogP contribution in [0.1, 0.15) is 91.9 Å². The summed E-state index contributed by atoms with van der Waals surface area (Å²) in [5, 5.41) is 39.9. The molecule has 0 unspecified atom stereocenters. The van der Waals surface area contributed by atoms with Crippen molar-refractivity contribution in [3.63, 3.8) is 0 Å². The third kappa shape index (κ3) is 3.73. The van der Waals surface area contributed by atoms with Gasteiger partial charge in [-0.1, -0.05) is 32.4 Å². The van der Waals surface area contributed by atoms with Gasteiger partial charge in [0, 0.05) is 19.3 Å². The molecular formula is C25H42O4. The molecule has 0 heterocycles. The molecule has 4 nitrogen and oxygen atoms in total. The summed E-state index contributed by atoms with van der Waals surface area (Å²) in [6, 6.07) is 0. The Kier molecular flexibility index (Phi) is 5.30. The van der Waals surface area contributed by atoms with E-state index in [0.717, 1.165) is 25.2 Å². The van der Waals surface area contributed by atoms with Crippen molar-refractivity contribution in [2.45, 2.75) is 103 Å². The van der Waals surface area contributed by atoms with Crippen LogP contribution in [-0.4, -0.2) is 32.0 Å². The molecule has 0 bridgehead atoms. The standard InChI is InChI=1S/C25H42O4/c1-16(9-12-24(4,26)27)19-7-8-20-18-6-5-17-15-25(28,29)14-13-22(17,2)21(18)10-11-23(19,20)3/h5,16,18-21,26-29H,6-15H2,1-4H3/t16-,18+,19-,20+,21+,22+,23-/m1/s1. The highest BCUT2D eigenvalue weighted by Gasteiger charge is 2.59. The summed E-state index contributed by atoms with van der Waals surface area (Å²) in [5.74, 6) is 0.248. The highest BCUT2D eigenvalue weighted by atomic mass is 16.5. The monoisotopic (exact) mass is 406 g/mol. The zero-order valence-electron chi connectivity index (χ0n) is 18.8. The molecule has 0 radical (unpaired) electrons. The van der Waals surface area contributed by atoms with Gasteiger partial charge in [0.05, 0.1) is 0 Å². The summed E-state index contributed by atoms with van der Waals surface area (Å²) < 4.78 is 0. The van der Waals surface area contributed by atoms with E-state index in [1.54, 1.807) is 0 Å². The third-order valence-electron chi connectivity index (χ3n) is 9.98. The van der Waals surface area contributed by atoms with Gasteiger partial charge in [-0.2, -0.15) is 0 Å². The highest BCUT2D eigenvalue weighted by Crippen LogP contribution is 2.67. The van der Waals surface area contributed by atoms with Crippen LogP contribution < -0.4 is 0 Å². The quantitative estimate of drug-likeness (QED) is 0.413. The Morgan fingerprint density at radius 3 is 2.48 bits per heavy atom. The van der Waals surface area contributed by atoms with Crippen LogP contribution in [0.25, 0.3) is 0 Å². The minimum Gasteiger partial charge on any atom is -0.366 e. The van der Waals surface area contributed by atoms with Crippen LogP contribution >= 0.6 is 0 Å². The lowest BCUT2D eigenvalue weighted by Gasteiger charge is -2.59. The van der Waals surface area contributed by atoms with Crippen molar-refractivity contribution in [1.29, 1.82) is 0 Å². The Morgan fingerprint density at radius 1 is 1.07 bits per heavy atom. The maximum atomic E-state index is 10.2. The molecule has 0 aromatic carbocycles. The minimum absolute atomic E-state index is 0.137. The van der Waals surface area contributed by atoms with Crippen LogP contribution in [0.4, 0.5) is 0 Å². The van der Waals surface area contributed by atoms with Gasteiger partial charge in [0.25, 0.3) is 0 Å². The van der Waals surface area contributed by atoms with E-state index in [-0.39, 0.29) is 5.41 Å². The second-order valence-corrected chi connectivity index (χ2v) is 11.9. The molecule has 3 fully saturated rings. The van der Waals surface area contributed by atoms with Crippen molar-refractivity contribution in [2.24, 2.45) is 40.4 Å². The van der Waals surface area contributed by atoms with Gasteiger partial charge in [-0.25, -0.2) is 0 Å². The van der Waals surface area contributed by atoms with Crippen molar-refractivity contribution >= 4 is 0 Å². The molecule has 0 spiro atoms. The van der Waals surface area contributed by atoms with Crippen LogP contribution in [0.3, 0.4) is 0 Å². The fraction of sp³-hybridized carbons (Fsp3) is 0.920. The van der Waals surface area contributed by atoms with Crippen LogP contribution in [0, 0.1) is 40.4 Å². The fourth-order valence-corrected chi connectivity index (χ4v) is 8.31. The van der Waals surface area contributed by atoms with Crippen LogP contribution in [0.2, 0.25) is 0 Å². The number of aliphatic hydroxyl groups is 4. The molecule has 4 aliphatic rings. The number of hydrogen-bond acceptors (Lipinski definition) is 4. The first-order chi connectivity index (χ1) is 13.4. The Labute approximate surface area is 176 Å². The van der Waals surface area contributed by atoms with Crippen molar-refractivity contribution in [3.05, 3.63) is 11.6 Å². The first-order valence-electron chi connectivity index (χ1n) is 11.9. The number of allylic oxidation sites excluding steroid dienone is 1. The molecule has 0 aromatic heterocycles. The number of fused-ring (bicyclic) bond motifs is 5.